The number of carbonyl (C=O) groups excluding carboxylic acids is 2. The summed E-state index contributed by atoms with van der Waals surface area (Å²) in [7, 11) is 2.57. The summed E-state index contributed by atoms with van der Waals surface area (Å²) in [5.41, 5.74) is -0.524. The fraction of sp³-hybridized carbons (Fsp3) is 0.160. The van der Waals surface area contributed by atoms with Gasteiger partial charge in [-0.1, -0.05) is 35.3 Å². The van der Waals surface area contributed by atoms with Gasteiger partial charge in [-0.25, -0.2) is 0 Å². The molecule has 1 unspecified atom stereocenters. The zero-order chi connectivity index (χ0) is 27.8. The Hall–Kier alpha value is -3.96. The second-order valence-corrected chi connectivity index (χ2v) is 8.54. The summed E-state index contributed by atoms with van der Waals surface area (Å²) >= 11 is 12.6. The topological polar surface area (TPSA) is 98.2 Å². The molecule has 2 aromatic carbocycles. The van der Waals surface area contributed by atoms with E-state index in [1.807, 2.05) is 0 Å². The summed E-state index contributed by atoms with van der Waals surface area (Å²) in [6.07, 6.45) is -3.60. The minimum atomic E-state index is -4.99. The minimum absolute atomic E-state index is 0.0273. The maximum Gasteiger partial charge on any atom is 0.573 e. The summed E-state index contributed by atoms with van der Waals surface area (Å²) < 4.78 is 52.9. The number of aliphatic hydroxyl groups excluding tert-OH is 1. The molecule has 1 amide bonds. The van der Waals surface area contributed by atoms with E-state index in [9.17, 15) is 27.9 Å². The van der Waals surface area contributed by atoms with Crippen LogP contribution in [-0.4, -0.2) is 42.4 Å². The van der Waals surface area contributed by atoms with E-state index >= 15 is 0 Å². The lowest BCUT2D eigenvalue weighted by atomic mass is 9.97. The van der Waals surface area contributed by atoms with Gasteiger partial charge in [-0.15, -0.1) is 13.2 Å². The van der Waals surface area contributed by atoms with Crippen molar-refractivity contribution >= 4 is 46.3 Å². The van der Waals surface area contributed by atoms with Crippen LogP contribution in [0.25, 0.3) is 5.76 Å². The van der Waals surface area contributed by atoms with Gasteiger partial charge in [0.2, 0.25) is 0 Å². The molecular weight excluding hydrogens is 552 g/mol. The number of rotatable bonds is 6. The Balaban J connectivity index is 1.96. The van der Waals surface area contributed by atoms with Gasteiger partial charge in [0.05, 0.1) is 36.1 Å². The second kappa shape index (κ2) is 10.4. The third-order valence-electron chi connectivity index (χ3n) is 5.54. The van der Waals surface area contributed by atoms with Crippen LogP contribution < -0.4 is 19.1 Å². The van der Waals surface area contributed by atoms with E-state index in [1.54, 1.807) is 12.1 Å². The minimum Gasteiger partial charge on any atom is -0.507 e. The van der Waals surface area contributed by atoms with E-state index in [1.165, 1.54) is 44.7 Å². The van der Waals surface area contributed by atoms with E-state index in [0.29, 0.717) is 0 Å². The molecule has 0 spiro atoms. The summed E-state index contributed by atoms with van der Waals surface area (Å²) in [6.45, 7) is 0. The first-order valence-electron chi connectivity index (χ1n) is 10.7. The molecule has 13 heteroatoms. The van der Waals surface area contributed by atoms with Crippen molar-refractivity contribution in [1.82, 2.24) is 4.98 Å². The van der Waals surface area contributed by atoms with Crippen LogP contribution in [0.1, 0.15) is 17.3 Å². The van der Waals surface area contributed by atoms with Crippen LogP contribution in [-0.2, 0) is 9.59 Å². The van der Waals surface area contributed by atoms with Crippen LogP contribution in [0.3, 0.4) is 0 Å². The number of hydrogen-bond acceptors (Lipinski definition) is 7. The van der Waals surface area contributed by atoms with Crippen molar-refractivity contribution in [2.45, 2.75) is 12.4 Å². The van der Waals surface area contributed by atoms with Crippen LogP contribution in [0.5, 0.6) is 17.2 Å². The molecule has 1 aliphatic rings. The number of benzene rings is 2. The SMILES string of the molecule is COc1c(Cl)cc(/C(O)=C2\C(=O)C(=O)N(c3cccc(OC(F)(F)F)c3)C2c2ccccn2)c(OC)c1Cl. The average Bonchev–Trinajstić information content (AvgIpc) is 3.13. The molecule has 1 fully saturated rings. The number of Topliss-reactive ketones (excluding diaryl/α,β-unsaturated/α-hetero) is 1. The van der Waals surface area contributed by atoms with Crippen molar-refractivity contribution in [2.75, 3.05) is 19.1 Å². The van der Waals surface area contributed by atoms with Gasteiger partial charge in [-0.3, -0.25) is 19.5 Å². The van der Waals surface area contributed by atoms with Gasteiger partial charge in [0, 0.05) is 18.0 Å². The number of nitrogens with zero attached hydrogens (tertiary/aromatic N) is 2. The van der Waals surface area contributed by atoms with Crippen LogP contribution in [0.2, 0.25) is 10.0 Å². The van der Waals surface area contributed by atoms with Crippen molar-refractivity contribution in [3.05, 3.63) is 81.6 Å². The number of anilines is 1. The monoisotopic (exact) mass is 568 g/mol. The number of aliphatic hydroxyl groups is 1. The molecule has 0 bridgehead atoms. The first-order valence-corrected chi connectivity index (χ1v) is 11.4. The maximum atomic E-state index is 13.3. The summed E-state index contributed by atoms with van der Waals surface area (Å²) in [6, 6.07) is 9.04. The van der Waals surface area contributed by atoms with Gasteiger partial charge in [0.25, 0.3) is 11.7 Å². The van der Waals surface area contributed by atoms with Gasteiger partial charge in [0.15, 0.2) is 11.5 Å². The molecule has 1 aliphatic heterocycles. The third kappa shape index (κ3) is 4.94. The number of ether oxygens (including phenoxy) is 3. The Bertz CT molecular complexity index is 1450. The number of hydrogen-bond donors (Lipinski definition) is 1. The standard InChI is InChI=1S/C25H17Cl2F3N2O6/c1-36-22-14(11-15(26)23(37-2)18(22)27)20(33)17-19(16-8-3-4-9-31-16)32(24(35)21(17)34)12-6-5-7-13(10-12)38-25(28,29)30/h3-11,19,33H,1-2H3/b20-17+. The van der Waals surface area contributed by atoms with E-state index in [-0.39, 0.29) is 38.5 Å². The van der Waals surface area contributed by atoms with E-state index < -0.39 is 41.2 Å². The third-order valence-corrected chi connectivity index (χ3v) is 6.16. The first kappa shape index (κ1) is 27.1. The number of amides is 1. The Labute approximate surface area is 223 Å². The predicted octanol–water partition coefficient (Wildman–Crippen LogP) is 5.93. The maximum absolute atomic E-state index is 13.3. The smallest absolute Gasteiger partial charge is 0.507 e. The highest BCUT2D eigenvalue weighted by Gasteiger charge is 2.48. The number of halogens is 5. The van der Waals surface area contributed by atoms with Crippen LogP contribution in [0.15, 0.2) is 60.3 Å². The first-order chi connectivity index (χ1) is 18.0. The second-order valence-electron chi connectivity index (χ2n) is 7.76. The quantitative estimate of drug-likeness (QED) is 0.223. The van der Waals surface area contributed by atoms with Gasteiger partial charge in [-0.05, 0) is 30.3 Å². The largest absolute Gasteiger partial charge is 0.573 e. The Kier molecular flexibility index (Phi) is 7.43. The van der Waals surface area contributed by atoms with Crippen molar-refractivity contribution in [1.29, 1.82) is 0 Å². The van der Waals surface area contributed by atoms with Crippen molar-refractivity contribution in [3.8, 4) is 17.2 Å². The Morgan fingerprint density at radius 1 is 1.03 bits per heavy atom. The predicted molar refractivity (Wildman–Crippen MR) is 132 cm³/mol. The molecule has 1 saturated heterocycles. The molecule has 0 aliphatic carbocycles. The molecule has 8 nitrogen and oxygen atoms in total. The zero-order valence-electron chi connectivity index (χ0n) is 19.5. The fourth-order valence-corrected chi connectivity index (χ4v) is 4.73. The summed E-state index contributed by atoms with van der Waals surface area (Å²) in [5, 5.41) is 11.2. The Morgan fingerprint density at radius 3 is 2.34 bits per heavy atom. The highest BCUT2D eigenvalue weighted by molar-refractivity contribution is 6.52. The molecule has 4 rings (SSSR count). The molecular formula is C25H17Cl2F3N2O6. The lowest BCUT2D eigenvalue weighted by Gasteiger charge is -2.25. The molecule has 198 valence electrons. The lowest BCUT2D eigenvalue weighted by molar-refractivity contribution is -0.274. The molecule has 3 aromatic rings. The Morgan fingerprint density at radius 2 is 1.74 bits per heavy atom. The van der Waals surface area contributed by atoms with Gasteiger partial charge >= 0.3 is 6.36 Å². The normalized spacial score (nSPS) is 17.0. The van der Waals surface area contributed by atoms with Crippen molar-refractivity contribution in [2.24, 2.45) is 0 Å². The number of ketones is 1. The van der Waals surface area contributed by atoms with E-state index in [0.717, 1.165) is 17.0 Å². The molecule has 1 atom stereocenters. The number of methoxy groups -OCH3 is 2. The number of alkyl halides is 3. The molecule has 0 saturated carbocycles. The van der Waals surface area contributed by atoms with Crippen molar-refractivity contribution in [3.63, 3.8) is 0 Å². The fourth-order valence-electron chi connectivity index (χ4n) is 4.04. The van der Waals surface area contributed by atoms with Gasteiger partial charge in [-0.2, -0.15) is 0 Å². The average molecular weight is 569 g/mol. The molecule has 1 N–H and O–H groups in total. The highest BCUT2D eigenvalue weighted by atomic mass is 35.5. The molecule has 2 heterocycles. The molecule has 1 aromatic heterocycles. The molecule has 0 radical (unpaired) electrons. The zero-order valence-corrected chi connectivity index (χ0v) is 21.1. The lowest BCUT2D eigenvalue weighted by Crippen LogP contribution is -2.30. The van der Waals surface area contributed by atoms with E-state index in [4.69, 9.17) is 32.7 Å². The number of carbonyl (C=O) groups is 2. The van der Waals surface area contributed by atoms with Gasteiger partial charge < -0.3 is 19.3 Å². The summed E-state index contributed by atoms with van der Waals surface area (Å²) in [5.74, 6) is -3.64. The van der Waals surface area contributed by atoms with Crippen molar-refractivity contribution < 1.29 is 42.1 Å². The van der Waals surface area contributed by atoms with Crippen LogP contribution >= 0.6 is 23.2 Å². The van der Waals surface area contributed by atoms with Crippen LogP contribution in [0.4, 0.5) is 18.9 Å². The summed E-state index contributed by atoms with van der Waals surface area (Å²) in [4.78, 5) is 31.7. The van der Waals surface area contributed by atoms with Gasteiger partial charge in [0.1, 0.15) is 22.6 Å². The number of pyridine rings is 1. The van der Waals surface area contributed by atoms with Crippen LogP contribution in [0, 0.1) is 0 Å². The van der Waals surface area contributed by atoms with E-state index in [2.05, 4.69) is 9.72 Å². The highest BCUT2D eigenvalue weighted by Crippen LogP contribution is 2.48. The number of aromatic nitrogens is 1. The molecule has 38 heavy (non-hydrogen) atoms.